The first-order valence-electron chi connectivity index (χ1n) is 10.8. The molecule has 0 fully saturated rings. The third-order valence-electron chi connectivity index (χ3n) is 4.90. The van der Waals surface area contributed by atoms with Gasteiger partial charge in [0.1, 0.15) is 12.4 Å². The summed E-state index contributed by atoms with van der Waals surface area (Å²) in [5.41, 5.74) is 2.27. The Labute approximate surface area is 204 Å². The number of carbonyl (C=O) groups is 2. The van der Waals surface area contributed by atoms with Crippen LogP contribution in [0.4, 0.5) is 11.4 Å². The van der Waals surface area contributed by atoms with E-state index < -0.39 is 5.91 Å². The minimum Gasteiger partial charge on any atom is -0.490 e. The number of anilines is 2. The van der Waals surface area contributed by atoms with Crippen molar-refractivity contribution in [3.8, 4) is 5.75 Å². The number of nitrogens with zero attached hydrogens (tertiary/aromatic N) is 1. The van der Waals surface area contributed by atoms with Crippen LogP contribution in [-0.2, 0) is 4.74 Å². The third kappa shape index (κ3) is 6.63. The van der Waals surface area contributed by atoms with Gasteiger partial charge < -0.3 is 19.7 Å². The highest BCUT2D eigenvalue weighted by atomic mass is 32.1. The number of benzene rings is 3. The SMILES string of the molecule is CCN(C(=O)c1cccc(NC(=S)NC(=O)c2ccccc2OCCOC)c1)c1ccccc1. The van der Waals surface area contributed by atoms with Crippen LogP contribution in [0.2, 0.25) is 0 Å². The summed E-state index contributed by atoms with van der Waals surface area (Å²) >= 11 is 5.32. The van der Waals surface area contributed by atoms with Crippen LogP contribution in [0.3, 0.4) is 0 Å². The van der Waals surface area contributed by atoms with Crippen molar-refractivity contribution < 1.29 is 19.1 Å². The number of amides is 2. The minimum absolute atomic E-state index is 0.108. The molecule has 3 rings (SSSR count). The summed E-state index contributed by atoms with van der Waals surface area (Å²) < 4.78 is 10.6. The Morgan fingerprint density at radius 2 is 1.68 bits per heavy atom. The van der Waals surface area contributed by atoms with Gasteiger partial charge in [-0.05, 0) is 61.6 Å². The van der Waals surface area contributed by atoms with Gasteiger partial charge in [0.25, 0.3) is 11.8 Å². The average Bonchev–Trinajstić information content (AvgIpc) is 2.85. The number of carbonyl (C=O) groups excluding carboxylic acids is 2. The highest BCUT2D eigenvalue weighted by molar-refractivity contribution is 7.80. The maximum absolute atomic E-state index is 13.1. The zero-order chi connectivity index (χ0) is 24.3. The second kappa shape index (κ2) is 12.5. The molecular formula is C26H27N3O4S. The molecule has 3 aromatic carbocycles. The van der Waals surface area contributed by atoms with Gasteiger partial charge in [-0.15, -0.1) is 0 Å². The summed E-state index contributed by atoms with van der Waals surface area (Å²) in [7, 11) is 1.58. The van der Waals surface area contributed by atoms with E-state index in [-0.39, 0.29) is 11.0 Å². The number of hydrogen-bond acceptors (Lipinski definition) is 5. The smallest absolute Gasteiger partial charge is 0.261 e. The largest absolute Gasteiger partial charge is 0.490 e. The summed E-state index contributed by atoms with van der Waals surface area (Å²) in [4.78, 5) is 27.5. The molecule has 0 heterocycles. The summed E-state index contributed by atoms with van der Waals surface area (Å²) in [6.45, 7) is 3.18. The molecule has 3 aromatic rings. The third-order valence-corrected chi connectivity index (χ3v) is 5.10. The molecule has 0 spiro atoms. The summed E-state index contributed by atoms with van der Waals surface area (Å²) in [5, 5.41) is 5.74. The Morgan fingerprint density at radius 1 is 0.941 bits per heavy atom. The number of rotatable bonds is 9. The molecule has 0 saturated heterocycles. The lowest BCUT2D eigenvalue weighted by Crippen LogP contribution is -2.34. The van der Waals surface area contributed by atoms with Gasteiger partial charge in [-0.25, -0.2) is 0 Å². The Bertz CT molecular complexity index is 1140. The molecule has 0 atom stereocenters. The monoisotopic (exact) mass is 477 g/mol. The highest BCUT2D eigenvalue weighted by Gasteiger charge is 2.17. The predicted octanol–water partition coefficient (Wildman–Crippen LogP) is 4.51. The number of methoxy groups -OCH3 is 1. The minimum atomic E-state index is -0.404. The summed E-state index contributed by atoms with van der Waals surface area (Å²) in [5.74, 6) is -0.0959. The highest BCUT2D eigenvalue weighted by Crippen LogP contribution is 2.20. The quantitative estimate of drug-likeness (QED) is 0.349. The molecule has 176 valence electrons. The van der Waals surface area contributed by atoms with Gasteiger partial charge in [-0.3, -0.25) is 14.9 Å². The number of thiocarbonyl (C=S) groups is 1. The van der Waals surface area contributed by atoms with Crippen molar-refractivity contribution in [3.05, 3.63) is 90.0 Å². The fourth-order valence-corrected chi connectivity index (χ4v) is 3.50. The van der Waals surface area contributed by atoms with Crippen LogP contribution >= 0.6 is 12.2 Å². The molecule has 0 aromatic heterocycles. The van der Waals surface area contributed by atoms with Crippen molar-refractivity contribution in [2.75, 3.05) is 37.1 Å². The molecule has 2 amide bonds. The van der Waals surface area contributed by atoms with E-state index in [1.165, 1.54) is 0 Å². The number of nitrogens with one attached hydrogen (secondary N) is 2. The van der Waals surface area contributed by atoms with Crippen LogP contribution in [0, 0.1) is 0 Å². The van der Waals surface area contributed by atoms with Gasteiger partial charge in [0, 0.05) is 30.6 Å². The van der Waals surface area contributed by atoms with E-state index in [2.05, 4.69) is 10.6 Å². The maximum Gasteiger partial charge on any atom is 0.261 e. The number of para-hydroxylation sites is 2. The van der Waals surface area contributed by atoms with Crippen LogP contribution < -0.4 is 20.3 Å². The first-order chi connectivity index (χ1) is 16.5. The lowest BCUT2D eigenvalue weighted by molar-refractivity contribution is 0.0966. The van der Waals surface area contributed by atoms with Gasteiger partial charge in [-0.2, -0.15) is 0 Å². The van der Waals surface area contributed by atoms with Gasteiger partial charge in [0.15, 0.2) is 5.11 Å². The summed E-state index contributed by atoms with van der Waals surface area (Å²) in [6.07, 6.45) is 0. The fraction of sp³-hybridized carbons (Fsp3) is 0.192. The van der Waals surface area contributed by atoms with Crippen molar-refractivity contribution in [2.45, 2.75) is 6.92 Å². The standard InChI is InChI=1S/C26H27N3O4S/c1-3-29(21-12-5-4-6-13-21)25(31)19-10-9-11-20(18-19)27-26(34)28-24(30)22-14-7-8-15-23(22)33-17-16-32-2/h4-15,18H,3,16-17H2,1-2H3,(H2,27,28,30,34). The Hall–Kier alpha value is -3.75. The molecule has 0 aliphatic rings. The van der Waals surface area contributed by atoms with Crippen molar-refractivity contribution in [2.24, 2.45) is 0 Å². The zero-order valence-electron chi connectivity index (χ0n) is 19.1. The molecule has 0 aliphatic heterocycles. The van der Waals surface area contributed by atoms with Gasteiger partial charge in [0.05, 0.1) is 12.2 Å². The van der Waals surface area contributed by atoms with E-state index in [1.807, 2.05) is 37.3 Å². The van der Waals surface area contributed by atoms with E-state index in [0.717, 1.165) is 5.69 Å². The number of hydrogen-bond donors (Lipinski definition) is 2. The van der Waals surface area contributed by atoms with E-state index in [0.29, 0.717) is 42.3 Å². The van der Waals surface area contributed by atoms with E-state index >= 15 is 0 Å². The molecule has 0 radical (unpaired) electrons. The lowest BCUT2D eigenvalue weighted by Gasteiger charge is -2.21. The van der Waals surface area contributed by atoms with Crippen molar-refractivity contribution in [1.82, 2.24) is 5.32 Å². The van der Waals surface area contributed by atoms with E-state index in [9.17, 15) is 9.59 Å². The molecule has 0 bridgehead atoms. The molecular weight excluding hydrogens is 450 g/mol. The topological polar surface area (TPSA) is 79.9 Å². The Balaban J connectivity index is 1.67. The molecule has 7 nitrogen and oxygen atoms in total. The first-order valence-corrected chi connectivity index (χ1v) is 11.2. The first kappa shape index (κ1) is 24.9. The van der Waals surface area contributed by atoms with Gasteiger partial charge >= 0.3 is 0 Å². The van der Waals surface area contributed by atoms with Gasteiger partial charge in [0.2, 0.25) is 0 Å². The van der Waals surface area contributed by atoms with Crippen molar-refractivity contribution >= 4 is 40.5 Å². The van der Waals surface area contributed by atoms with Crippen LogP contribution in [0.15, 0.2) is 78.9 Å². The van der Waals surface area contributed by atoms with Crippen LogP contribution in [0.25, 0.3) is 0 Å². The molecule has 8 heteroatoms. The molecule has 0 saturated carbocycles. The normalized spacial score (nSPS) is 10.3. The fourth-order valence-electron chi connectivity index (χ4n) is 3.29. The van der Waals surface area contributed by atoms with E-state index in [1.54, 1.807) is 60.5 Å². The molecule has 2 N–H and O–H groups in total. The predicted molar refractivity (Wildman–Crippen MR) is 138 cm³/mol. The van der Waals surface area contributed by atoms with E-state index in [4.69, 9.17) is 21.7 Å². The Kier molecular flexibility index (Phi) is 9.13. The lowest BCUT2D eigenvalue weighted by atomic mass is 10.1. The molecule has 0 aliphatic carbocycles. The van der Waals surface area contributed by atoms with Gasteiger partial charge in [-0.1, -0.05) is 36.4 Å². The zero-order valence-corrected chi connectivity index (χ0v) is 19.9. The average molecular weight is 478 g/mol. The molecule has 0 unspecified atom stereocenters. The van der Waals surface area contributed by atoms with Crippen LogP contribution in [0.1, 0.15) is 27.6 Å². The number of ether oxygens (including phenoxy) is 2. The summed E-state index contributed by atoms with van der Waals surface area (Å²) in [6, 6.07) is 23.4. The van der Waals surface area contributed by atoms with Crippen LogP contribution in [0.5, 0.6) is 5.75 Å². The Morgan fingerprint density at radius 3 is 2.41 bits per heavy atom. The second-order valence-electron chi connectivity index (χ2n) is 7.21. The van der Waals surface area contributed by atoms with Crippen LogP contribution in [-0.4, -0.2) is 43.8 Å². The molecule has 34 heavy (non-hydrogen) atoms. The maximum atomic E-state index is 13.1. The van der Waals surface area contributed by atoms with Crippen molar-refractivity contribution in [1.29, 1.82) is 0 Å². The van der Waals surface area contributed by atoms with Crippen molar-refractivity contribution in [3.63, 3.8) is 0 Å². The second-order valence-corrected chi connectivity index (χ2v) is 7.62.